The molecule has 4 heteroatoms. The predicted octanol–water partition coefficient (Wildman–Crippen LogP) is 2.53. The van der Waals surface area contributed by atoms with Gasteiger partial charge in [-0.15, -0.1) is 0 Å². The van der Waals surface area contributed by atoms with Crippen LogP contribution in [0.15, 0.2) is 40.9 Å². The SMILES string of the molecule is CCN(Cc1cc(-c2ccccc2)no1)C1CCNC1. The van der Waals surface area contributed by atoms with Crippen molar-refractivity contribution >= 4 is 0 Å². The number of nitrogens with one attached hydrogen (secondary N) is 1. The van der Waals surface area contributed by atoms with Crippen molar-refractivity contribution in [2.75, 3.05) is 19.6 Å². The zero-order valence-corrected chi connectivity index (χ0v) is 11.9. The predicted molar refractivity (Wildman–Crippen MR) is 79.3 cm³/mol. The molecule has 2 heterocycles. The highest BCUT2D eigenvalue weighted by Gasteiger charge is 2.22. The van der Waals surface area contributed by atoms with Gasteiger partial charge >= 0.3 is 0 Å². The molecule has 0 amide bonds. The fraction of sp³-hybridized carbons (Fsp3) is 0.438. The molecule has 1 atom stereocenters. The summed E-state index contributed by atoms with van der Waals surface area (Å²) in [5.41, 5.74) is 2.02. The van der Waals surface area contributed by atoms with Gasteiger partial charge in [0, 0.05) is 24.2 Å². The maximum atomic E-state index is 5.50. The lowest BCUT2D eigenvalue weighted by Crippen LogP contribution is -2.36. The molecule has 1 aliphatic rings. The Kier molecular flexibility index (Phi) is 4.14. The number of likely N-dealkylation sites (N-methyl/N-ethyl adjacent to an activating group) is 1. The summed E-state index contributed by atoms with van der Waals surface area (Å²) < 4.78 is 5.50. The summed E-state index contributed by atoms with van der Waals surface area (Å²) in [6, 6.07) is 12.8. The molecule has 3 rings (SSSR count). The Morgan fingerprint density at radius 1 is 1.35 bits per heavy atom. The van der Waals surface area contributed by atoms with E-state index in [1.165, 1.54) is 6.42 Å². The Labute approximate surface area is 119 Å². The highest BCUT2D eigenvalue weighted by atomic mass is 16.5. The van der Waals surface area contributed by atoms with Crippen LogP contribution in [0.5, 0.6) is 0 Å². The summed E-state index contributed by atoms with van der Waals surface area (Å²) >= 11 is 0. The van der Waals surface area contributed by atoms with Crippen LogP contribution in [0.2, 0.25) is 0 Å². The van der Waals surface area contributed by atoms with E-state index in [1.54, 1.807) is 0 Å². The van der Waals surface area contributed by atoms with Gasteiger partial charge in [-0.25, -0.2) is 0 Å². The molecule has 1 saturated heterocycles. The van der Waals surface area contributed by atoms with Gasteiger partial charge < -0.3 is 9.84 Å². The molecule has 1 unspecified atom stereocenters. The van der Waals surface area contributed by atoms with E-state index in [0.29, 0.717) is 6.04 Å². The Morgan fingerprint density at radius 2 is 2.20 bits per heavy atom. The van der Waals surface area contributed by atoms with Crippen LogP contribution in [0.4, 0.5) is 0 Å². The first-order valence-corrected chi connectivity index (χ1v) is 7.32. The molecule has 0 saturated carbocycles. The Morgan fingerprint density at radius 3 is 2.90 bits per heavy atom. The second-order valence-corrected chi connectivity index (χ2v) is 5.25. The summed E-state index contributed by atoms with van der Waals surface area (Å²) in [5, 5.41) is 7.60. The Bertz CT molecular complexity index is 532. The molecule has 0 bridgehead atoms. The van der Waals surface area contributed by atoms with Gasteiger partial charge in [0.05, 0.1) is 6.54 Å². The van der Waals surface area contributed by atoms with Gasteiger partial charge in [-0.3, -0.25) is 4.90 Å². The molecular weight excluding hydrogens is 250 g/mol. The van der Waals surface area contributed by atoms with E-state index in [-0.39, 0.29) is 0 Å². The monoisotopic (exact) mass is 271 g/mol. The number of aromatic nitrogens is 1. The van der Waals surface area contributed by atoms with E-state index >= 15 is 0 Å². The number of hydrogen-bond acceptors (Lipinski definition) is 4. The van der Waals surface area contributed by atoms with Crippen LogP contribution in [0.3, 0.4) is 0 Å². The van der Waals surface area contributed by atoms with E-state index in [0.717, 1.165) is 43.2 Å². The largest absolute Gasteiger partial charge is 0.359 e. The van der Waals surface area contributed by atoms with Crippen LogP contribution in [-0.2, 0) is 6.54 Å². The van der Waals surface area contributed by atoms with Crippen molar-refractivity contribution in [3.05, 3.63) is 42.2 Å². The lowest BCUT2D eigenvalue weighted by Gasteiger charge is -2.25. The molecule has 106 valence electrons. The molecule has 1 aliphatic heterocycles. The zero-order chi connectivity index (χ0) is 13.8. The van der Waals surface area contributed by atoms with E-state index in [4.69, 9.17) is 4.52 Å². The molecule has 0 aliphatic carbocycles. The topological polar surface area (TPSA) is 41.3 Å². The van der Waals surface area contributed by atoms with Crippen LogP contribution >= 0.6 is 0 Å². The van der Waals surface area contributed by atoms with Gasteiger partial charge in [0.2, 0.25) is 0 Å². The minimum absolute atomic E-state index is 0.616. The van der Waals surface area contributed by atoms with Crippen LogP contribution in [0, 0.1) is 0 Å². The van der Waals surface area contributed by atoms with Gasteiger partial charge in [-0.2, -0.15) is 0 Å². The van der Waals surface area contributed by atoms with Gasteiger partial charge in [0.25, 0.3) is 0 Å². The first-order chi connectivity index (χ1) is 9.86. The maximum Gasteiger partial charge on any atom is 0.151 e. The van der Waals surface area contributed by atoms with Crippen molar-refractivity contribution in [2.45, 2.75) is 25.9 Å². The third-order valence-electron chi connectivity index (χ3n) is 3.94. The summed E-state index contributed by atoms with van der Waals surface area (Å²) in [6.45, 7) is 6.27. The Balaban J connectivity index is 1.70. The number of benzene rings is 1. The summed E-state index contributed by atoms with van der Waals surface area (Å²) in [5.74, 6) is 0.942. The molecule has 1 aromatic heterocycles. The number of nitrogens with zero attached hydrogens (tertiary/aromatic N) is 2. The van der Waals surface area contributed by atoms with E-state index in [9.17, 15) is 0 Å². The first-order valence-electron chi connectivity index (χ1n) is 7.32. The van der Waals surface area contributed by atoms with Crippen molar-refractivity contribution in [1.29, 1.82) is 0 Å². The average molecular weight is 271 g/mol. The number of rotatable bonds is 5. The van der Waals surface area contributed by atoms with Gasteiger partial charge in [-0.05, 0) is 19.5 Å². The summed E-state index contributed by atoms with van der Waals surface area (Å²) in [6.07, 6.45) is 1.22. The van der Waals surface area contributed by atoms with Gasteiger partial charge in [0.15, 0.2) is 5.76 Å². The molecule has 1 fully saturated rings. The number of hydrogen-bond donors (Lipinski definition) is 1. The summed E-state index contributed by atoms with van der Waals surface area (Å²) in [7, 11) is 0. The lowest BCUT2D eigenvalue weighted by molar-refractivity contribution is 0.187. The standard InChI is InChI=1S/C16H21N3O/c1-2-19(14-8-9-17-11-14)12-15-10-16(18-20-15)13-6-4-3-5-7-13/h3-7,10,14,17H,2,8-9,11-12H2,1H3. The molecule has 0 spiro atoms. The highest BCUT2D eigenvalue weighted by Crippen LogP contribution is 2.20. The van der Waals surface area contributed by atoms with Crippen LogP contribution in [0.25, 0.3) is 11.3 Å². The fourth-order valence-electron chi connectivity index (χ4n) is 2.78. The fourth-order valence-corrected chi connectivity index (χ4v) is 2.78. The molecule has 2 aromatic rings. The van der Waals surface area contributed by atoms with Gasteiger partial charge in [0.1, 0.15) is 5.69 Å². The maximum absolute atomic E-state index is 5.50. The summed E-state index contributed by atoms with van der Waals surface area (Å²) in [4.78, 5) is 2.45. The van der Waals surface area contributed by atoms with E-state index < -0.39 is 0 Å². The molecule has 4 nitrogen and oxygen atoms in total. The smallest absolute Gasteiger partial charge is 0.151 e. The van der Waals surface area contributed by atoms with Crippen LogP contribution in [0.1, 0.15) is 19.1 Å². The van der Waals surface area contributed by atoms with Crippen molar-refractivity contribution < 1.29 is 4.52 Å². The minimum Gasteiger partial charge on any atom is -0.359 e. The van der Waals surface area contributed by atoms with Crippen molar-refractivity contribution in [3.63, 3.8) is 0 Å². The molecule has 1 aromatic carbocycles. The minimum atomic E-state index is 0.616. The zero-order valence-electron chi connectivity index (χ0n) is 11.9. The molecular formula is C16H21N3O. The molecule has 0 radical (unpaired) electrons. The molecule has 20 heavy (non-hydrogen) atoms. The average Bonchev–Trinajstić information content (AvgIpc) is 3.17. The van der Waals surface area contributed by atoms with E-state index in [1.807, 2.05) is 18.2 Å². The molecule has 1 N–H and O–H groups in total. The van der Waals surface area contributed by atoms with Crippen molar-refractivity contribution in [1.82, 2.24) is 15.4 Å². The van der Waals surface area contributed by atoms with Crippen molar-refractivity contribution in [3.8, 4) is 11.3 Å². The Hall–Kier alpha value is -1.65. The normalized spacial score (nSPS) is 18.8. The third-order valence-corrected chi connectivity index (χ3v) is 3.94. The van der Waals surface area contributed by atoms with Crippen molar-refractivity contribution in [2.24, 2.45) is 0 Å². The highest BCUT2D eigenvalue weighted by molar-refractivity contribution is 5.58. The van der Waals surface area contributed by atoms with Crippen LogP contribution in [-0.4, -0.2) is 35.7 Å². The third kappa shape index (κ3) is 2.92. The second-order valence-electron chi connectivity index (χ2n) is 5.25. The van der Waals surface area contributed by atoms with Gasteiger partial charge in [-0.1, -0.05) is 42.4 Å². The van der Waals surface area contributed by atoms with Crippen LogP contribution < -0.4 is 5.32 Å². The quantitative estimate of drug-likeness (QED) is 0.907. The van der Waals surface area contributed by atoms with E-state index in [2.05, 4.69) is 40.5 Å². The first kappa shape index (κ1) is 13.3. The lowest BCUT2D eigenvalue weighted by atomic mass is 10.1. The second kappa shape index (κ2) is 6.20.